The molecule has 0 saturated carbocycles. The largest absolute Gasteiger partial charge is 0.508 e. The highest BCUT2D eigenvalue weighted by Gasteiger charge is 2.37. The van der Waals surface area contributed by atoms with Crippen LogP contribution in [0.15, 0.2) is 85.1 Å². The molecule has 0 unspecified atom stereocenters. The molecule has 4 aromatic rings. The van der Waals surface area contributed by atoms with Gasteiger partial charge >= 0.3 is 12.1 Å². The summed E-state index contributed by atoms with van der Waals surface area (Å²) >= 11 is 8.44. The summed E-state index contributed by atoms with van der Waals surface area (Å²) in [6, 6.07) is 9.25. The summed E-state index contributed by atoms with van der Waals surface area (Å²) in [6.07, 6.45) is -2.42. The molecule has 0 fully saturated rings. The molecule has 0 radical (unpaired) electrons. The van der Waals surface area contributed by atoms with Crippen LogP contribution >= 0.6 is 25.3 Å². The van der Waals surface area contributed by atoms with Crippen molar-refractivity contribution in [2.45, 2.75) is 113 Å². The maximum absolute atomic E-state index is 14.8. The summed E-state index contributed by atoms with van der Waals surface area (Å²) in [7, 11) is 0. The maximum Gasteiger partial charge on any atom is 0.407 e. The highest BCUT2D eigenvalue weighted by atomic mass is 32.1. The average Bonchev–Trinajstić information content (AvgIpc) is 3.83. The number of ether oxygens (including phenoxy) is 3. The van der Waals surface area contributed by atoms with Gasteiger partial charge in [0.05, 0.1) is 45.2 Å². The molecular weight excluding hydrogens is 1150 g/mol. The molecule has 0 aliphatic rings. The number of carbonyl (C=O) groups is 9. The Morgan fingerprint density at radius 1 is 0.541 bits per heavy atom. The number of rotatable bonds is 38. The number of phenols is 1. The number of para-hydroxylation sites is 1. The van der Waals surface area contributed by atoms with E-state index in [2.05, 4.69) is 72.8 Å². The number of aliphatic hydroxyl groups is 3. The molecular formula is C56H78N10O17S2. The minimum atomic E-state index is -1.77. The lowest BCUT2D eigenvalue weighted by molar-refractivity contribution is -0.145. The van der Waals surface area contributed by atoms with E-state index in [9.17, 15) is 63.6 Å². The second-order valence-electron chi connectivity index (χ2n) is 19.7. The van der Waals surface area contributed by atoms with Gasteiger partial charge in [0.1, 0.15) is 54.6 Å². The van der Waals surface area contributed by atoms with Crippen LogP contribution in [0, 0.1) is 0 Å². The number of carboxylic acid groups (broad SMARTS) is 1. The first-order valence-electron chi connectivity index (χ1n) is 27.4. The molecule has 29 heteroatoms. The Morgan fingerprint density at radius 3 is 1.59 bits per heavy atom. The Morgan fingerprint density at radius 2 is 1.01 bits per heavy atom. The summed E-state index contributed by atoms with van der Waals surface area (Å²) in [5.41, 5.74) is 8.10. The molecule has 10 atom stereocenters. The summed E-state index contributed by atoms with van der Waals surface area (Å²) < 4.78 is 15.7. The van der Waals surface area contributed by atoms with Gasteiger partial charge in [-0.25, -0.2) is 9.59 Å². The van der Waals surface area contributed by atoms with E-state index in [1.165, 1.54) is 31.2 Å². The zero-order valence-corrected chi connectivity index (χ0v) is 48.9. The van der Waals surface area contributed by atoms with Crippen molar-refractivity contribution in [1.82, 2.24) is 47.5 Å². The minimum absolute atomic E-state index is 0.00191. The van der Waals surface area contributed by atoms with Gasteiger partial charge < -0.3 is 93.0 Å². The summed E-state index contributed by atoms with van der Waals surface area (Å²) in [4.78, 5) is 127. The molecule has 0 spiro atoms. The zero-order valence-electron chi connectivity index (χ0n) is 47.1. The van der Waals surface area contributed by atoms with Crippen LogP contribution < -0.4 is 48.3 Å². The number of unbranched alkanes of at least 4 members (excludes halogenated alkanes) is 1. The third-order valence-corrected chi connectivity index (χ3v) is 13.8. The number of phenolic OH excluding ortho intramolecular Hbond substituents is 1. The van der Waals surface area contributed by atoms with Gasteiger partial charge in [-0.05, 0) is 74.5 Å². The average molecular weight is 1230 g/mol. The molecule has 0 aliphatic carbocycles. The molecule has 27 nitrogen and oxygen atoms in total. The first-order valence-corrected chi connectivity index (χ1v) is 28.7. The van der Waals surface area contributed by atoms with Crippen LogP contribution in [-0.2, 0) is 71.8 Å². The molecule has 0 aliphatic heterocycles. The van der Waals surface area contributed by atoms with Crippen molar-refractivity contribution < 1.29 is 82.9 Å². The maximum atomic E-state index is 14.8. The number of thiol groups is 2. The van der Waals surface area contributed by atoms with Crippen LogP contribution in [0.25, 0.3) is 10.9 Å². The number of nitrogens with one attached hydrogen (secondary N) is 9. The van der Waals surface area contributed by atoms with E-state index in [-0.39, 0.29) is 95.5 Å². The highest BCUT2D eigenvalue weighted by Crippen LogP contribution is 2.20. The van der Waals surface area contributed by atoms with E-state index in [4.69, 9.17) is 25.1 Å². The normalized spacial score (nSPS) is 14.7. The number of carboxylic acids is 1. The summed E-state index contributed by atoms with van der Waals surface area (Å²) in [6.45, 7) is 2.67. The number of aliphatic hydroxyl groups excluding tert-OH is 3. The summed E-state index contributed by atoms with van der Waals surface area (Å²) in [5, 5.41) is 69.8. The third-order valence-electron chi connectivity index (χ3n) is 13.0. The van der Waals surface area contributed by atoms with E-state index >= 15 is 0 Å². The number of nitrogens with two attached hydrogens (primary N) is 1. The molecule has 0 saturated heterocycles. The van der Waals surface area contributed by atoms with Crippen molar-refractivity contribution >= 4 is 89.6 Å². The number of hydrogen-bond acceptors (Lipinski definition) is 19. The molecule has 0 bridgehead atoms. The second-order valence-corrected chi connectivity index (χ2v) is 20.4. The monoisotopic (exact) mass is 1230 g/mol. The first kappa shape index (κ1) is 70.0. The Balaban J connectivity index is 1.62. The molecule has 16 N–H and O–H groups in total. The Labute approximate surface area is 501 Å². The standard InChI is InChI=1S/C56H78N10O17S2/c1-32(68)46(54(77)63-45(31-85)53(76)66-47(33(2)69)55(78)79)65-48(71)40(14-8-9-19-57)59-51(74)43(28-36-29-58-39-13-7-6-12-38(36)39)61-49(72)41(27-35-15-17-37(70)18-16-35)60-52(75)44(30-84)62-50(73)42(26-34-10-4-3-5-11-34)64-56(80)83-25-24-82-23-22-81-21-20-67/h3-7,10-13,15-18,29,32-33,40-47,58,67-70,84-85H,8-9,14,19-28,30-31,57H2,1-2H3,(H,59,74)(H,60,75)(H,61,72)(H,62,73)(H,63,77)(H,64,80)(H,65,71)(H,66,76)(H,78,79)/t32-,33-,40+,41+,42-,43-,44+,45+,46+,47+/m1/s1. The molecule has 3 aromatic carbocycles. The number of benzene rings is 3. The number of aliphatic carboxylic acids is 1. The van der Waals surface area contributed by atoms with Crippen LogP contribution in [0.5, 0.6) is 5.75 Å². The number of aromatic nitrogens is 1. The third kappa shape index (κ3) is 23.8. The van der Waals surface area contributed by atoms with Crippen molar-refractivity contribution in [2.24, 2.45) is 5.73 Å². The van der Waals surface area contributed by atoms with Crippen molar-refractivity contribution in [3.05, 3.63) is 102 Å². The molecule has 466 valence electrons. The van der Waals surface area contributed by atoms with Gasteiger partial charge in [0.25, 0.3) is 0 Å². The van der Waals surface area contributed by atoms with Crippen LogP contribution in [0.1, 0.15) is 49.8 Å². The van der Waals surface area contributed by atoms with Gasteiger partial charge in [0.2, 0.25) is 41.4 Å². The van der Waals surface area contributed by atoms with Crippen LogP contribution in [0.3, 0.4) is 0 Å². The lowest BCUT2D eigenvalue weighted by Crippen LogP contribution is -2.62. The van der Waals surface area contributed by atoms with Gasteiger partial charge in [0, 0.05) is 47.9 Å². The number of amides is 8. The van der Waals surface area contributed by atoms with E-state index in [1.54, 1.807) is 60.8 Å². The number of alkyl carbamates (subject to hydrolysis) is 1. The van der Waals surface area contributed by atoms with E-state index < -0.39 is 114 Å². The fraction of sp³-hybridized carbons (Fsp3) is 0.482. The topological polar surface area (TPSA) is 421 Å². The molecule has 1 heterocycles. The van der Waals surface area contributed by atoms with E-state index in [1.807, 2.05) is 0 Å². The Bertz CT molecular complexity index is 2800. The molecule has 8 amide bonds. The smallest absolute Gasteiger partial charge is 0.407 e. The summed E-state index contributed by atoms with van der Waals surface area (Å²) in [5.74, 6) is -9.03. The Hall–Kier alpha value is -7.51. The van der Waals surface area contributed by atoms with Gasteiger partial charge in [-0.1, -0.05) is 60.7 Å². The van der Waals surface area contributed by atoms with Crippen molar-refractivity contribution in [3.63, 3.8) is 0 Å². The number of hydrogen-bond donors (Lipinski definition) is 17. The molecule has 4 rings (SSSR count). The van der Waals surface area contributed by atoms with Crippen LogP contribution in [-0.4, -0.2) is 202 Å². The lowest BCUT2D eigenvalue weighted by atomic mass is 10.0. The van der Waals surface area contributed by atoms with Gasteiger partial charge in [-0.2, -0.15) is 25.3 Å². The van der Waals surface area contributed by atoms with Gasteiger partial charge in [-0.3, -0.25) is 33.6 Å². The first-order chi connectivity index (χ1) is 40.7. The molecule has 85 heavy (non-hydrogen) atoms. The fourth-order valence-electron chi connectivity index (χ4n) is 8.43. The number of carbonyl (C=O) groups excluding carboxylic acids is 8. The van der Waals surface area contributed by atoms with Crippen molar-refractivity contribution in [3.8, 4) is 5.75 Å². The van der Waals surface area contributed by atoms with Crippen molar-refractivity contribution in [1.29, 1.82) is 0 Å². The van der Waals surface area contributed by atoms with Crippen LogP contribution in [0.4, 0.5) is 4.79 Å². The fourth-order valence-corrected chi connectivity index (χ4v) is 8.95. The van der Waals surface area contributed by atoms with Crippen LogP contribution in [0.2, 0.25) is 0 Å². The predicted octanol–water partition coefficient (Wildman–Crippen LogP) is -1.75. The van der Waals surface area contributed by atoms with E-state index in [0.29, 0.717) is 34.0 Å². The quantitative estimate of drug-likeness (QED) is 0.0175. The number of fused-ring (bicyclic) bond motifs is 1. The second kappa shape index (κ2) is 37.0. The van der Waals surface area contributed by atoms with Gasteiger partial charge in [-0.15, -0.1) is 0 Å². The number of H-pyrrole nitrogens is 1. The van der Waals surface area contributed by atoms with E-state index in [0.717, 1.165) is 6.92 Å². The minimum Gasteiger partial charge on any atom is -0.508 e. The highest BCUT2D eigenvalue weighted by molar-refractivity contribution is 7.80. The Kier molecular flexibility index (Phi) is 30.5. The van der Waals surface area contributed by atoms with Crippen molar-refractivity contribution in [2.75, 3.05) is 57.7 Å². The zero-order chi connectivity index (χ0) is 62.4. The number of aromatic amines is 1. The van der Waals surface area contributed by atoms with Gasteiger partial charge in [0.15, 0.2) is 6.04 Å². The SMILES string of the molecule is C[C@@H](O)[C@H](NC(=O)[C@H](CS)NC(=O)[C@@H](NC(=O)[C@H](CCCCN)NC(=O)[C@@H](Cc1c[nH]c2ccccc12)NC(=O)[C@H](Cc1ccc(O)cc1)NC(=O)[C@H](CS)NC(=O)[C@@H](Cc1ccccc1)NC(=O)OCCOCCOCCO)[C@@H](C)O)C(=O)O. The predicted molar refractivity (Wildman–Crippen MR) is 316 cm³/mol. The lowest BCUT2D eigenvalue weighted by Gasteiger charge is -2.28. The number of aromatic hydroxyl groups is 1. The molecule has 1 aromatic heterocycles.